The molecule has 2 aromatic carbocycles. The molecule has 1 amide bonds. The molecule has 0 aliphatic heterocycles. The van der Waals surface area contributed by atoms with E-state index in [1.54, 1.807) is 42.5 Å². The van der Waals surface area contributed by atoms with E-state index in [9.17, 15) is 4.79 Å². The van der Waals surface area contributed by atoms with Crippen molar-refractivity contribution in [1.82, 2.24) is 0 Å². The second kappa shape index (κ2) is 5.95. The Hall–Kier alpha value is -1.71. The van der Waals surface area contributed by atoms with Crippen LogP contribution < -0.4 is 10.5 Å². The highest BCUT2D eigenvalue weighted by Gasteiger charge is 2.10. The molecular weight excluding hydrogens is 285 g/mol. The zero-order valence-electron chi connectivity index (χ0n) is 9.90. The van der Waals surface area contributed by atoms with Crippen LogP contribution in [-0.2, 0) is 6.61 Å². The molecule has 0 unspecified atom stereocenters. The van der Waals surface area contributed by atoms with E-state index in [-0.39, 0.29) is 6.61 Å². The van der Waals surface area contributed by atoms with Crippen molar-refractivity contribution < 1.29 is 9.53 Å². The van der Waals surface area contributed by atoms with Crippen LogP contribution in [0.2, 0.25) is 10.0 Å². The first-order valence-electron chi connectivity index (χ1n) is 5.54. The molecule has 0 aliphatic carbocycles. The highest BCUT2D eigenvalue weighted by atomic mass is 35.5. The van der Waals surface area contributed by atoms with E-state index in [0.29, 0.717) is 26.9 Å². The summed E-state index contributed by atoms with van der Waals surface area (Å²) in [4.78, 5) is 11.3. The zero-order chi connectivity index (χ0) is 13.8. The fourth-order valence-corrected chi connectivity index (χ4v) is 2.12. The number of amides is 1. The second-order valence-electron chi connectivity index (χ2n) is 3.85. The summed E-state index contributed by atoms with van der Waals surface area (Å²) in [5.74, 6) is -0.133. The van der Waals surface area contributed by atoms with E-state index in [2.05, 4.69) is 0 Å². The van der Waals surface area contributed by atoms with Gasteiger partial charge in [0.2, 0.25) is 0 Å². The van der Waals surface area contributed by atoms with Gasteiger partial charge in [-0.05, 0) is 24.3 Å². The molecule has 2 N–H and O–H groups in total. The molecule has 0 fully saturated rings. The van der Waals surface area contributed by atoms with Crippen molar-refractivity contribution in [2.45, 2.75) is 6.61 Å². The molecule has 0 atom stereocenters. The molecule has 0 heterocycles. The molecule has 0 radical (unpaired) electrons. The van der Waals surface area contributed by atoms with Crippen molar-refractivity contribution in [3.63, 3.8) is 0 Å². The lowest BCUT2D eigenvalue weighted by Gasteiger charge is -2.11. The Kier molecular flexibility index (Phi) is 4.30. The maximum Gasteiger partial charge on any atom is 0.252 e. The van der Waals surface area contributed by atoms with Gasteiger partial charge in [-0.3, -0.25) is 4.79 Å². The number of ether oxygens (including phenoxy) is 1. The van der Waals surface area contributed by atoms with Crippen LogP contribution in [0.15, 0.2) is 42.5 Å². The molecule has 98 valence electrons. The van der Waals surface area contributed by atoms with Gasteiger partial charge >= 0.3 is 0 Å². The molecule has 0 saturated carbocycles. The van der Waals surface area contributed by atoms with E-state index < -0.39 is 5.91 Å². The van der Waals surface area contributed by atoms with Crippen LogP contribution in [0.25, 0.3) is 0 Å². The monoisotopic (exact) mass is 295 g/mol. The number of hydrogen-bond donors (Lipinski definition) is 1. The summed E-state index contributed by atoms with van der Waals surface area (Å²) in [6, 6.07) is 12.0. The van der Waals surface area contributed by atoms with E-state index in [1.807, 2.05) is 0 Å². The Morgan fingerprint density at radius 1 is 1.05 bits per heavy atom. The normalized spacial score (nSPS) is 10.2. The first-order chi connectivity index (χ1) is 9.09. The number of primary amides is 1. The third-order valence-electron chi connectivity index (χ3n) is 2.59. The largest absolute Gasteiger partial charge is 0.488 e. The molecule has 0 saturated heterocycles. The Morgan fingerprint density at radius 3 is 2.32 bits per heavy atom. The number of hydrogen-bond acceptors (Lipinski definition) is 2. The van der Waals surface area contributed by atoms with Gasteiger partial charge in [-0.2, -0.15) is 0 Å². The summed E-state index contributed by atoms with van der Waals surface area (Å²) in [5.41, 5.74) is 6.27. The lowest BCUT2D eigenvalue weighted by atomic mass is 10.2. The molecule has 2 rings (SSSR count). The summed E-state index contributed by atoms with van der Waals surface area (Å²) < 4.78 is 5.58. The average Bonchev–Trinajstić information content (AvgIpc) is 2.38. The van der Waals surface area contributed by atoms with Crippen molar-refractivity contribution in [3.8, 4) is 5.75 Å². The molecule has 3 nitrogen and oxygen atoms in total. The van der Waals surface area contributed by atoms with E-state index in [1.165, 1.54) is 0 Å². The number of halogens is 2. The van der Waals surface area contributed by atoms with Gasteiger partial charge in [0.15, 0.2) is 0 Å². The lowest BCUT2D eigenvalue weighted by molar-refractivity contribution is 0.0996. The molecule has 0 aliphatic rings. The third kappa shape index (κ3) is 3.19. The number of rotatable bonds is 4. The van der Waals surface area contributed by atoms with E-state index >= 15 is 0 Å². The topological polar surface area (TPSA) is 52.3 Å². The van der Waals surface area contributed by atoms with Crippen LogP contribution in [0.4, 0.5) is 0 Å². The van der Waals surface area contributed by atoms with Gasteiger partial charge in [0.05, 0.1) is 5.56 Å². The van der Waals surface area contributed by atoms with Gasteiger partial charge in [0.1, 0.15) is 12.4 Å². The molecule has 0 bridgehead atoms. The fourth-order valence-electron chi connectivity index (χ4n) is 1.62. The van der Waals surface area contributed by atoms with E-state index in [0.717, 1.165) is 0 Å². The van der Waals surface area contributed by atoms with Crippen molar-refractivity contribution in [2.75, 3.05) is 0 Å². The van der Waals surface area contributed by atoms with Crippen molar-refractivity contribution >= 4 is 29.1 Å². The van der Waals surface area contributed by atoms with Gasteiger partial charge in [0, 0.05) is 15.6 Å². The fraction of sp³-hybridized carbons (Fsp3) is 0.0714. The summed E-state index contributed by atoms with van der Waals surface area (Å²) >= 11 is 12.1. The van der Waals surface area contributed by atoms with Crippen LogP contribution >= 0.6 is 23.2 Å². The van der Waals surface area contributed by atoms with Gasteiger partial charge < -0.3 is 10.5 Å². The van der Waals surface area contributed by atoms with Crippen LogP contribution in [-0.4, -0.2) is 5.91 Å². The first-order valence-corrected chi connectivity index (χ1v) is 6.29. The predicted octanol–water partition coefficient (Wildman–Crippen LogP) is 3.67. The highest BCUT2D eigenvalue weighted by molar-refractivity contribution is 6.35. The maximum atomic E-state index is 11.3. The van der Waals surface area contributed by atoms with Crippen LogP contribution in [0.3, 0.4) is 0 Å². The molecule has 2 aromatic rings. The number of para-hydroxylation sites is 1. The Labute approximate surface area is 120 Å². The number of carbonyl (C=O) groups excluding carboxylic acids is 1. The van der Waals surface area contributed by atoms with Gasteiger partial charge in [-0.15, -0.1) is 0 Å². The summed E-state index contributed by atoms with van der Waals surface area (Å²) in [6.45, 7) is 0.169. The average molecular weight is 296 g/mol. The second-order valence-corrected chi connectivity index (χ2v) is 4.66. The van der Waals surface area contributed by atoms with Crippen LogP contribution in [0.5, 0.6) is 5.75 Å². The maximum absolute atomic E-state index is 11.3. The Balaban J connectivity index is 2.22. The molecule has 5 heteroatoms. The Bertz CT molecular complexity index is 594. The minimum absolute atomic E-state index is 0.169. The third-order valence-corrected chi connectivity index (χ3v) is 3.29. The van der Waals surface area contributed by atoms with Gasteiger partial charge in [-0.1, -0.05) is 41.4 Å². The zero-order valence-corrected chi connectivity index (χ0v) is 11.4. The molecular formula is C14H11Cl2NO2. The van der Waals surface area contributed by atoms with Crippen LogP contribution in [0.1, 0.15) is 15.9 Å². The van der Waals surface area contributed by atoms with Crippen LogP contribution in [0, 0.1) is 0 Å². The SMILES string of the molecule is NC(=O)c1ccccc1OCc1c(Cl)cccc1Cl. The molecule has 19 heavy (non-hydrogen) atoms. The predicted molar refractivity (Wildman–Crippen MR) is 75.8 cm³/mol. The van der Waals surface area contributed by atoms with Crippen molar-refractivity contribution in [1.29, 1.82) is 0 Å². The standard InChI is InChI=1S/C14H11Cl2NO2/c15-11-5-3-6-12(16)10(11)8-19-13-7-2-1-4-9(13)14(17)18/h1-7H,8H2,(H2,17,18). The van der Waals surface area contributed by atoms with Crippen molar-refractivity contribution in [3.05, 3.63) is 63.6 Å². The minimum atomic E-state index is -0.541. The van der Waals surface area contributed by atoms with E-state index in [4.69, 9.17) is 33.7 Å². The number of nitrogens with two attached hydrogens (primary N) is 1. The highest BCUT2D eigenvalue weighted by Crippen LogP contribution is 2.26. The van der Waals surface area contributed by atoms with Gasteiger partial charge in [0.25, 0.3) is 5.91 Å². The summed E-state index contributed by atoms with van der Waals surface area (Å²) in [6.07, 6.45) is 0. The van der Waals surface area contributed by atoms with Gasteiger partial charge in [-0.25, -0.2) is 0 Å². The number of benzene rings is 2. The molecule has 0 spiro atoms. The summed E-state index contributed by atoms with van der Waals surface area (Å²) in [7, 11) is 0. The minimum Gasteiger partial charge on any atom is -0.488 e. The number of carbonyl (C=O) groups is 1. The molecule has 0 aromatic heterocycles. The first kappa shape index (κ1) is 13.7. The smallest absolute Gasteiger partial charge is 0.252 e. The van der Waals surface area contributed by atoms with Crippen molar-refractivity contribution in [2.24, 2.45) is 5.73 Å². The summed E-state index contributed by atoms with van der Waals surface area (Å²) in [5, 5.41) is 1.04. The lowest BCUT2D eigenvalue weighted by Crippen LogP contribution is -2.13. The quantitative estimate of drug-likeness (QED) is 0.935. The Morgan fingerprint density at radius 2 is 1.68 bits per heavy atom.